The number of hydrogen-bond acceptors (Lipinski definition) is 1. The van der Waals surface area contributed by atoms with E-state index in [0.29, 0.717) is 11.9 Å². The second-order valence-corrected chi connectivity index (χ2v) is 6.43. The number of carbonyl (C=O) groups excluding carboxylic acids is 1. The van der Waals surface area contributed by atoms with Crippen LogP contribution in [0.15, 0.2) is 36.4 Å². The fourth-order valence-electron chi connectivity index (χ4n) is 4.38. The Labute approximate surface area is 114 Å². The van der Waals surface area contributed by atoms with E-state index in [1.54, 1.807) is 0 Å². The lowest BCUT2D eigenvalue weighted by Crippen LogP contribution is -2.36. The zero-order valence-corrected chi connectivity index (χ0v) is 11.2. The minimum Gasteiger partial charge on any atom is -0.308 e. The predicted molar refractivity (Wildman–Crippen MR) is 76.1 cm³/mol. The van der Waals surface area contributed by atoms with E-state index in [0.717, 1.165) is 44.2 Å². The highest BCUT2D eigenvalue weighted by Gasteiger charge is 2.54. The summed E-state index contributed by atoms with van der Waals surface area (Å²) in [5, 5.41) is 0. The van der Waals surface area contributed by atoms with Gasteiger partial charge in [-0.1, -0.05) is 30.4 Å². The Morgan fingerprint density at radius 1 is 1.32 bits per heavy atom. The van der Waals surface area contributed by atoms with Crippen LogP contribution in [0.1, 0.15) is 37.7 Å². The molecule has 1 aliphatic carbocycles. The van der Waals surface area contributed by atoms with Crippen molar-refractivity contribution in [2.45, 2.75) is 44.6 Å². The third-order valence-corrected chi connectivity index (χ3v) is 5.14. The van der Waals surface area contributed by atoms with Crippen molar-refractivity contribution in [3.05, 3.63) is 42.0 Å². The average Bonchev–Trinajstić information content (AvgIpc) is 2.85. The molecular weight excluding hydrogens is 234 g/mol. The maximum atomic E-state index is 13.0. The molecule has 2 atom stereocenters. The quantitative estimate of drug-likeness (QED) is 0.648. The Balaban J connectivity index is 1.73. The predicted octanol–water partition coefficient (Wildman–Crippen LogP) is 3.46. The van der Waals surface area contributed by atoms with Gasteiger partial charge < -0.3 is 4.90 Å². The summed E-state index contributed by atoms with van der Waals surface area (Å²) in [5.41, 5.74) is 3.65. The van der Waals surface area contributed by atoms with E-state index in [-0.39, 0.29) is 5.41 Å². The molecule has 0 radical (unpaired) electrons. The summed E-state index contributed by atoms with van der Waals surface area (Å²) in [6.07, 6.45) is 6.28. The van der Waals surface area contributed by atoms with Crippen LogP contribution in [0.4, 0.5) is 5.69 Å². The summed E-state index contributed by atoms with van der Waals surface area (Å²) >= 11 is 0. The van der Waals surface area contributed by atoms with Crippen LogP contribution in [-0.2, 0) is 11.2 Å². The van der Waals surface area contributed by atoms with Crippen LogP contribution in [-0.4, -0.2) is 11.9 Å². The van der Waals surface area contributed by atoms with Gasteiger partial charge in [-0.3, -0.25) is 4.79 Å². The lowest BCUT2D eigenvalue weighted by Gasteiger charge is -2.33. The third-order valence-electron chi connectivity index (χ3n) is 5.14. The third kappa shape index (κ3) is 1.46. The van der Waals surface area contributed by atoms with Crippen LogP contribution in [0.2, 0.25) is 0 Å². The van der Waals surface area contributed by atoms with Crippen molar-refractivity contribution in [1.29, 1.82) is 0 Å². The maximum Gasteiger partial charge on any atom is 0.233 e. The molecule has 19 heavy (non-hydrogen) atoms. The first-order chi connectivity index (χ1) is 9.20. The van der Waals surface area contributed by atoms with E-state index in [2.05, 4.69) is 29.7 Å². The summed E-state index contributed by atoms with van der Waals surface area (Å²) in [6, 6.07) is 8.77. The van der Waals surface area contributed by atoms with Crippen LogP contribution in [0.25, 0.3) is 0 Å². The van der Waals surface area contributed by atoms with E-state index in [1.807, 2.05) is 6.07 Å². The number of fused-ring (bicyclic) bond motifs is 3. The molecule has 3 aliphatic rings. The van der Waals surface area contributed by atoms with Gasteiger partial charge >= 0.3 is 0 Å². The lowest BCUT2D eigenvalue weighted by molar-refractivity contribution is -0.126. The largest absolute Gasteiger partial charge is 0.308 e. The molecule has 1 aromatic carbocycles. The van der Waals surface area contributed by atoms with Gasteiger partial charge in [-0.2, -0.15) is 0 Å². The molecule has 2 heterocycles. The molecular formula is C17H19NO. The van der Waals surface area contributed by atoms with Crippen molar-refractivity contribution >= 4 is 11.6 Å². The Bertz CT molecular complexity index is 576. The molecule has 0 bridgehead atoms. The van der Waals surface area contributed by atoms with Gasteiger partial charge in [0.1, 0.15) is 0 Å². The van der Waals surface area contributed by atoms with Crippen molar-refractivity contribution in [1.82, 2.24) is 0 Å². The van der Waals surface area contributed by atoms with E-state index in [4.69, 9.17) is 0 Å². The van der Waals surface area contributed by atoms with Crippen LogP contribution in [0, 0.1) is 5.41 Å². The standard InChI is InChI=1S/C17H19NO/c1-12-5-4-8-17(10-12)11-14-9-13-6-2-3-7-15(13)18(14)16(17)19/h2-3,6-7,14H,1,4-5,8-11H2/t14-,17-/m0/s1. The van der Waals surface area contributed by atoms with Gasteiger partial charge in [0.2, 0.25) is 5.91 Å². The van der Waals surface area contributed by atoms with Gasteiger partial charge in [0, 0.05) is 11.7 Å². The first-order valence-corrected chi connectivity index (χ1v) is 7.28. The number of hydrogen-bond donors (Lipinski definition) is 0. The lowest BCUT2D eigenvalue weighted by atomic mass is 9.70. The molecule has 1 aromatic rings. The number of rotatable bonds is 0. The van der Waals surface area contributed by atoms with Crippen molar-refractivity contribution in [3.8, 4) is 0 Å². The average molecular weight is 253 g/mol. The number of allylic oxidation sites excluding steroid dienone is 1. The summed E-state index contributed by atoms with van der Waals surface area (Å²) in [4.78, 5) is 15.0. The SMILES string of the molecule is C=C1CCC[C@]2(C1)C[C@@H]1Cc3ccccc3N1C2=O. The summed E-state index contributed by atoms with van der Waals surface area (Å²) in [5.74, 6) is 0.364. The first-order valence-electron chi connectivity index (χ1n) is 7.28. The topological polar surface area (TPSA) is 20.3 Å². The molecule has 2 nitrogen and oxygen atoms in total. The molecule has 2 aliphatic heterocycles. The number of benzene rings is 1. The fraction of sp³-hybridized carbons (Fsp3) is 0.471. The molecule has 98 valence electrons. The summed E-state index contributed by atoms with van der Waals surface area (Å²) < 4.78 is 0. The van der Waals surface area contributed by atoms with Gasteiger partial charge in [0.05, 0.1) is 5.41 Å². The van der Waals surface area contributed by atoms with Gasteiger partial charge in [-0.25, -0.2) is 0 Å². The van der Waals surface area contributed by atoms with Crippen LogP contribution in [0.3, 0.4) is 0 Å². The zero-order chi connectivity index (χ0) is 13.0. The van der Waals surface area contributed by atoms with E-state index in [9.17, 15) is 4.79 Å². The fourth-order valence-corrected chi connectivity index (χ4v) is 4.38. The minimum absolute atomic E-state index is 0.118. The molecule has 2 heteroatoms. The number of amides is 1. The molecule has 0 unspecified atom stereocenters. The zero-order valence-electron chi connectivity index (χ0n) is 11.2. The first kappa shape index (κ1) is 11.3. The monoisotopic (exact) mass is 253 g/mol. The highest BCUT2D eigenvalue weighted by atomic mass is 16.2. The van der Waals surface area contributed by atoms with Gasteiger partial charge in [0.15, 0.2) is 0 Å². The normalized spacial score (nSPS) is 32.8. The molecule has 0 N–H and O–H groups in total. The van der Waals surface area contributed by atoms with Crippen molar-refractivity contribution in [2.75, 3.05) is 4.90 Å². The van der Waals surface area contributed by atoms with Gasteiger partial charge in [-0.15, -0.1) is 0 Å². The molecule has 1 spiro atoms. The van der Waals surface area contributed by atoms with Crippen molar-refractivity contribution in [2.24, 2.45) is 5.41 Å². The van der Waals surface area contributed by atoms with E-state index in [1.165, 1.54) is 11.1 Å². The molecule has 0 aromatic heterocycles. The Hall–Kier alpha value is -1.57. The Morgan fingerprint density at radius 3 is 3.00 bits per heavy atom. The van der Waals surface area contributed by atoms with Gasteiger partial charge in [-0.05, 0) is 50.2 Å². The molecule has 1 amide bonds. The van der Waals surface area contributed by atoms with Gasteiger partial charge in [0.25, 0.3) is 0 Å². The molecule has 4 rings (SSSR count). The minimum atomic E-state index is -0.118. The molecule has 1 saturated carbocycles. The van der Waals surface area contributed by atoms with Crippen LogP contribution < -0.4 is 4.90 Å². The van der Waals surface area contributed by atoms with E-state index >= 15 is 0 Å². The molecule has 2 fully saturated rings. The maximum absolute atomic E-state index is 13.0. The van der Waals surface area contributed by atoms with Crippen molar-refractivity contribution < 1.29 is 4.79 Å². The number of carbonyl (C=O) groups is 1. The van der Waals surface area contributed by atoms with Crippen LogP contribution >= 0.6 is 0 Å². The number of nitrogens with zero attached hydrogens (tertiary/aromatic N) is 1. The number of anilines is 1. The number of para-hydroxylation sites is 1. The second kappa shape index (κ2) is 3.72. The highest BCUT2D eigenvalue weighted by Crippen LogP contribution is 2.53. The van der Waals surface area contributed by atoms with Crippen molar-refractivity contribution in [3.63, 3.8) is 0 Å². The van der Waals surface area contributed by atoms with Crippen LogP contribution in [0.5, 0.6) is 0 Å². The highest BCUT2D eigenvalue weighted by molar-refractivity contribution is 6.02. The molecule has 1 saturated heterocycles. The summed E-state index contributed by atoms with van der Waals surface area (Å²) in [6.45, 7) is 4.14. The van der Waals surface area contributed by atoms with E-state index < -0.39 is 0 Å². The Morgan fingerprint density at radius 2 is 2.16 bits per heavy atom. The second-order valence-electron chi connectivity index (χ2n) is 6.43. The Kier molecular flexibility index (Phi) is 2.21. The smallest absolute Gasteiger partial charge is 0.233 e. The summed E-state index contributed by atoms with van der Waals surface area (Å²) in [7, 11) is 0.